The van der Waals surface area contributed by atoms with Gasteiger partial charge < -0.3 is 9.73 Å². The summed E-state index contributed by atoms with van der Waals surface area (Å²) in [5.41, 5.74) is 2.62. The number of rotatable bonds is 4. The molecule has 2 aromatic rings. The van der Waals surface area contributed by atoms with E-state index in [-0.39, 0.29) is 5.82 Å². The van der Waals surface area contributed by atoms with Crippen molar-refractivity contribution in [2.75, 3.05) is 7.05 Å². The van der Waals surface area contributed by atoms with Gasteiger partial charge in [-0.15, -0.1) is 0 Å². The Morgan fingerprint density at radius 2 is 2.06 bits per heavy atom. The van der Waals surface area contributed by atoms with E-state index < -0.39 is 0 Å². The standard InChI is InChI=1S/C15H20FNO/c1-9(2)7-11-13(8-17-4)18-15-12(16)6-5-10(3)14(11)15/h5-6,9,17H,7-8H2,1-4H3. The first-order valence-electron chi connectivity index (χ1n) is 6.38. The minimum Gasteiger partial charge on any atom is -0.456 e. The lowest BCUT2D eigenvalue weighted by Gasteiger charge is -2.07. The summed E-state index contributed by atoms with van der Waals surface area (Å²) in [6, 6.07) is 3.30. The van der Waals surface area contributed by atoms with Crippen molar-refractivity contribution in [2.45, 2.75) is 33.7 Å². The topological polar surface area (TPSA) is 25.2 Å². The first-order valence-corrected chi connectivity index (χ1v) is 6.38. The number of benzene rings is 1. The van der Waals surface area contributed by atoms with Crippen LogP contribution in [0.2, 0.25) is 0 Å². The van der Waals surface area contributed by atoms with E-state index in [2.05, 4.69) is 19.2 Å². The molecule has 1 aromatic carbocycles. The van der Waals surface area contributed by atoms with E-state index in [0.717, 1.165) is 28.7 Å². The molecular formula is C15H20FNO. The first kappa shape index (κ1) is 13.1. The van der Waals surface area contributed by atoms with Gasteiger partial charge in [0.1, 0.15) is 5.76 Å². The number of furan rings is 1. The summed E-state index contributed by atoms with van der Waals surface area (Å²) < 4.78 is 19.5. The maximum atomic E-state index is 13.8. The van der Waals surface area contributed by atoms with E-state index in [1.54, 1.807) is 0 Å². The fourth-order valence-corrected chi connectivity index (χ4v) is 2.38. The molecule has 1 aromatic heterocycles. The molecule has 0 radical (unpaired) electrons. The van der Waals surface area contributed by atoms with Gasteiger partial charge in [0, 0.05) is 10.9 Å². The Morgan fingerprint density at radius 3 is 2.67 bits per heavy atom. The van der Waals surface area contributed by atoms with Crippen LogP contribution in [0.1, 0.15) is 30.7 Å². The van der Waals surface area contributed by atoms with Crippen molar-refractivity contribution in [3.63, 3.8) is 0 Å². The Labute approximate surface area is 107 Å². The molecule has 0 aliphatic heterocycles. The van der Waals surface area contributed by atoms with E-state index in [0.29, 0.717) is 18.0 Å². The van der Waals surface area contributed by atoms with Crippen LogP contribution in [0.5, 0.6) is 0 Å². The van der Waals surface area contributed by atoms with Gasteiger partial charge in [-0.1, -0.05) is 19.9 Å². The summed E-state index contributed by atoms with van der Waals surface area (Å²) in [6.07, 6.45) is 0.911. The molecule has 18 heavy (non-hydrogen) atoms. The second-order valence-electron chi connectivity index (χ2n) is 5.20. The zero-order chi connectivity index (χ0) is 13.3. The van der Waals surface area contributed by atoms with Gasteiger partial charge >= 0.3 is 0 Å². The van der Waals surface area contributed by atoms with Crippen LogP contribution < -0.4 is 5.32 Å². The van der Waals surface area contributed by atoms with Gasteiger partial charge in [-0.25, -0.2) is 4.39 Å². The molecule has 1 heterocycles. The molecule has 0 aliphatic carbocycles. The molecule has 0 unspecified atom stereocenters. The van der Waals surface area contributed by atoms with Crippen molar-refractivity contribution in [3.05, 3.63) is 34.8 Å². The second-order valence-corrected chi connectivity index (χ2v) is 5.20. The van der Waals surface area contributed by atoms with Crippen LogP contribution in [0.4, 0.5) is 4.39 Å². The van der Waals surface area contributed by atoms with Gasteiger partial charge in [0.2, 0.25) is 0 Å². The number of nitrogens with one attached hydrogen (secondary N) is 1. The third kappa shape index (κ3) is 2.27. The van der Waals surface area contributed by atoms with E-state index in [1.165, 1.54) is 6.07 Å². The van der Waals surface area contributed by atoms with Gasteiger partial charge in [0.05, 0.1) is 6.54 Å². The highest BCUT2D eigenvalue weighted by molar-refractivity contribution is 5.86. The summed E-state index contributed by atoms with van der Waals surface area (Å²) in [7, 11) is 1.87. The van der Waals surface area contributed by atoms with Crippen molar-refractivity contribution >= 4 is 11.0 Å². The lowest BCUT2D eigenvalue weighted by atomic mass is 9.97. The molecule has 0 bridgehead atoms. The molecular weight excluding hydrogens is 229 g/mol. The molecule has 2 nitrogen and oxygen atoms in total. The highest BCUT2D eigenvalue weighted by atomic mass is 19.1. The minimum atomic E-state index is -0.275. The van der Waals surface area contributed by atoms with E-state index >= 15 is 0 Å². The zero-order valence-corrected chi connectivity index (χ0v) is 11.4. The summed E-state index contributed by atoms with van der Waals surface area (Å²) in [4.78, 5) is 0. The van der Waals surface area contributed by atoms with Gasteiger partial charge in [-0.3, -0.25) is 0 Å². The van der Waals surface area contributed by atoms with E-state index in [4.69, 9.17) is 4.42 Å². The Bertz CT molecular complexity index is 557. The zero-order valence-electron chi connectivity index (χ0n) is 11.4. The molecule has 0 fully saturated rings. The highest BCUT2D eigenvalue weighted by Crippen LogP contribution is 2.32. The molecule has 0 atom stereocenters. The van der Waals surface area contributed by atoms with Crippen LogP contribution in [-0.2, 0) is 13.0 Å². The van der Waals surface area contributed by atoms with E-state index in [1.807, 2.05) is 20.0 Å². The van der Waals surface area contributed by atoms with Crippen molar-refractivity contribution in [3.8, 4) is 0 Å². The SMILES string of the molecule is CNCc1oc2c(F)ccc(C)c2c1CC(C)C. The van der Waals surface area contributed by atoms with Gasteiger partial charge in [-0.05, 0) is 37.9 Å². The first-order chi connectivity index (χ1) is 8.54. The Morgan fingerprint density at radius 1 is 1.33 bits per heavy atom. The Hall–Kier alpha value is -1.35. The average Bonchev–Trinajstić information content (AvgIpc) is 2.64. The summed E-state index contributed by atoms with van der Waals surface area (Å²) in [5.74, 6) is 1.10. The molecule has 0 saturated carbocycles. The number of hydrogen-bond acceptors (Lipinski definition) is 2. The second kappa shape index (κ2) is 5.11. The normalized spacial score (nSPS) is 11.7. The maximum absolute atomic E-state index is 13.8. The highest BCUT2D eigenvalue weighted by Gasteiger charge is 2.18. The minimum absolute atomic E-state index is 0.275. The predicted octanol–water partition coefficient (Wildman–Crippen LogP) is 3.80. The average molecular weight is 249 g/mol. The quantitative estimate of drug-likeness (QED) is 0.891. The lowest BCUT2D eigenvalue weighted by Crippen LogP contribution is -2.07. The predicted molar refractivity (Wildman–Crippen MR) is 72.2 cm³/mol. The summed E-state index contributed by atoms with van der Waals surface area (Å²) in [5, 5.41) is 4.03. The van der Waals surface area contributed by atoms with Crippen LogP contribution in [0.15, 0.2) is 16.5 Å². The molecule has 1 N–H and O–H groups in total. The van der Waals surface area contributed by atoms with Gasteiger partial charge in [-0.2, -0.15) is 0 Å². The van der Waals surface area contributed by atoms with Crippen LogP contribution >= 0.6 is 0 Å². The van der Waals surface area contributed by atoms with Crippen LogP contribution in [-0.4, -0.2) is 7.05 Å². The number of fused-ring (bicyclic) bond motifs is 1. The van der Waals surface area contributed by atoms with Crippen molar-refractivity contribution in [1.82, 2.24) is 5.32 Å². The largest absolute Gasteiger partial charge is 0.456 e. The van der Waals surface area contributed by atoms with Gasteiger partial charge in [0.15, 0.2) is 11.4 Å². The maximum Gasteiger partial charge on any atom is 0.170 e. The fourth-order valence-electron chi connectivity index (χ4n) is 2.38. The van der Waals surface area contributed by atoms with Gasteiger partial charge in [0.25, 0.3) is 0 Å². The third-order valence-electron chi connectivity index (χ3n) is 3.13. The smallest absolute Gasteiger partial charge is 0.170 e. The number of halogens is 1. The van der Waals surface area contributed by atoms with E-state index in [9.17, 15) is 4.39 Å². The van der Waals surface area contributed by atoms with Crippen molar-refractivity contribution in [1.29, 1.82) is 0 Å². The summed E-state index contributed by atoms with van der Waals surface area (Å²) in [6.45, 7) is 6.97. The molecule has 2 rings (SSSR count). The fraction of sp³-hybridized carbons (Fsp3) is 0.467. The van der Waals surface area contributed by atoms with Crippen molar-refractivity contribution < 1.29 is 8.81 Å². The lowest BCUT2D eigenvalue weighted by molar-refractivity contribution is 0.497. The van der Waals surface area contributed by atoms with Crippen LogP contribution in [0, 0.1) is 18.7 Å². The molecule has 0 amide bonds. The van der Waals surface area contributed by atoms with Crippen LogP contribution in [0.25, 0.3) is 11.0 Å². The Balaban J connectivity index is 2.68. The molecule has 98 valence electrons. The molecule has 0 aliphatic rings. The molecule has 0 saturated heterocycles. The third-order valence-corrected chi connectivity index (χ3v) is 3.13. The summed E-state index contributed by atoms with van der Waals surface area (Å²) >= 11 is 0. The van der Waals surface area contributed by atoms with Crippen molar-refractivity contribution in [2.24, 2.45) is 5.92 Å². The number of aryl methyl sites for hydroxylation is 1. The van der Waals surface area contributed by atoms with Crippen LogP contribution in [0.3, 0.4) is 0 Å². The number of hydrogen-bond donors (Lipinski definition) is 1. The monoisotopic (exact) mass is 249 g/mol. The molecule has 3 heteroatoms. The Kier molecular flexibility index (Phi) is 3.71. The molecule has 0 spiro atoms.